The Bertz CT molecular complexity index is 185. The van der Waals surface area contributed by atoms with Crippen molar-refractivity contribution in [1.29, 1.82) is 0 Å². The molecule has 0 aromatic carbocycles. The molecule has 0 unspecified atom stereocenters. The fraction of sp³-hybridized carbons (Fsp3) is 1.00. The number of ether oxygens (including phenoxy) is 1. The van der Waals surface area contributed by atoms with E-state index in [0.29, 0.717) is 0 Å². The molecule has 0 amide bonds. The van der Waals surface area contributed by atoms with Crippen molar-refractivity contribution in [2.75, 3.05) is 25.6 Å². The molecule has 0 saturated heterocycles. The Morgan fingerprint density at radius 3 is 2.31 bits per heavy atom. The standard InChI is InChI=1S/C13H26ClNO/c1-13(2,3)16-11-10-15(9-8-14)12-6-4-5-7-12/h12H,4-11H2,1-3H3. The summed E-state index contributed by atoms with van der Waals surface area (Å²) in [5.74, 6) is 0.728. The Kier molecular flexibility index (Phi) is 6.09. The Morgan fingerprint density at radius 2 is 1.81 bits per heavy atom. The quantitative estimate of drug-likeness (QED) is 0.668. The highest BCUT2D eigenvalue weighted by Gasteiger charge is 2.22. The van der Waals surface area contributed by atoms with Crippen LogP contribution in [0.3, 0.4) is 0 Å². The Morgan fingerprint density at radius 1 is 1.19 bits per heavy atom. The largest absolute Gasteiger partial charge is 0.375 e. The molecule has 1 rings (SSSR count). The molecule has 0 radical (unpaired) electrons. The summed E-state index contributed by atoms with van der Waals surface area (Å²) in [6.45, 7) is 9.16. The molecule has 0 aromatic rings. The van der Waals surface area contributed by atoms with E-state index in [1.807, 2.05) is 0 Å². The van der Waals surface area contributed by atoms with Crippen LogP contribution in [0.4, 0.5) is 0 Å². The van der Waals surface area contributed by atoms with Crippen LogP contribution < -0.4 is 0 Å². The van der Waals surface area contributed by atoms with Gasteiger partial charge in [0.2, 0.25) is 0 Å². The van der Waals surface area contributed by atoms with E-state index in [-0.39, 0.29) is 5.60 Å². The van der Waals surface area contributed by atoms with Crippen molar-refractivity contribution >= 4 is 11.6 Å². The molecule has 16 heavy (non-hydrogen) atoms. The number of hydrogen-bond donors (Lipinski definition) is 0. The number of nitrogens with zero attached hydrogens (tertiary/aromatic N) is 1. The van der Waals surface area contributed by atoms with Gasteiger partial charge in [-0.3, -0.25) is 4.90 Å². The van der Waals surface area contributed by atoms with Gasteiger partial charge >= 0.3 is 0 Å². The minimum Gasteiger partial charge on any atom is -0.375 e. The van der Waals surface area contributed by atoms with Gasteiger partial charge in [0.1, 0.15) is 0 Å². The van der Waals surface area contributed by atoms with Gasteiger partial charge in [0.05, 0.1) is 12.2 Å². The molecular weight excluding hydrogens is 222 g/mol. The second-order valence-corrected chi connectivity index (χ2v) is 6.00. The molecule has 1 fully saturated rings. The lowest BCUT2D eigenvalue weighted by Gasteiger charge is -2.29. The topological polar surface area (TPSA) is 12.5 Å². The molecule has 0 heterocycles. The molecule has 96 valence electrons. The van der Waals surface area contributed by atoms with Crippen LogP contribution in [-0.2, 0) is 4.74 Å². The zero-order valence-corrected chi connectivity index (χ0v) is 11.7. The van der Waals surface area contributed by atoms with E-state index in [4.69, 9.17) is 16.3 Å². The first-order valence-corrected chi connectivity index (χ1v) is 7.00. The molecule has 1 aliphatic rings. The van der Waals surface area contributed by atoms with E-state index in [9.17, 15) is 0 Å². The van der Waals surface area contributed by atoms with Crippen molar-refractivity contribution in [2.45, 2.75) is 58.1 Å². The number of halogens is 1. The molecule has 1 aliphatic carbocycles. The van der Waals surface area contributed by atoms with Crippen molar-refractivity contribution < 1.29 is 4.74 Å². The highest BCUT2D eigenvalue weighted by Crippen LogP contribution is 2.23. The predicted molar refractivity (Wildman–Crippen MR) is 70.3 cm³/mol. The van der Waals surface area contributed by atoms with Gasteiger partial charge in [-0.25, -0.2) is 0 Å². The molecule has 0 spiro atoms. The maximum atomic E-state index is 5.86. The minimum atomic E-state index is -0.0255. The van der Waals surface area contributed by atoms with Crippen LogP contribution in [0.1, 0.15) is 46.5 Å². The Hall–Kier alpha value is 0.210. The van der Waals surface area contributed by atoms with E-state index in [0.717, 1.165) is 31.6 Å². The van der Waals surface area contributed by atoms with Gasteiger partial charge < -0.3 is 4.74 Å². The molecule has 2 nitrogen and oxygen atoms in total. The first kappa shape index (κ1) is 14.3. The van der Waals surface area contributed by atoms with Gasteiger partial charge in [-0.15, -0.1) is 11.6 Å². The smallest absolute Gasteiger partial charge is 0.0600 e. The van der Waals surface area contributed by atoms with Crippen molar-refractivity contribution in [3.05, 3.63) is 0 Å². The van der Waals surface area contributed by atoms with Gasteiger partial charge in [-0.2, -0.15) is 0 Å². The van der Waals surface area contributed by atoms with E-state index < -0.39 is 0 Å². The zero-order valence-electron chi connectivity index (χ0n) is 11.0. The summed E-state index contributed by atoms with van der Waals surface area (Å²) in [7, 11) is 0. The van der Waals surface area contributed by atoms with E-state index in [1.54, 1.807) is 0 Å². The first-order chi connectivity index (χ1) is 7.53. The molecule has 0 bridgehead atoms. The van der Waals surface area contributed by atoms with E-state index in [2.05, 4.69) is 25.7 Å². The molecule has 0 N–H and O–H groups in total. The average Bonchev–Trinajstić information content (AvgIpc) is 2.67. The lowest BCUT2D eigenvalue weighted by Crippen LogP contribution is -2.38. The molecular formula is C13H26ClNO. The van der Waals surface area contributed by atoms with Crippen molar-refractivity contribution in [3.8, 4) is 0 Å². The van der Waals surface area contributed by atoms with Gasteiger partial charge in [0.25, 0.3) is 0 Å². The van der Waals surface area contributed by atoms with Gasteiger partial charge in [0.15, 0.2) is 0 Å². The number of hydrogen-bond acceptors (Lipinski definition) is 2. The van der Waals surface area contributed by atoms with Gasteiger partial charge in [-0.05, 0) is 33.6 Å². The van der Waals surface area contributed by atoms with Gasteiger partial charge in [0, 0.05) is 25.0 Å². The average molecular weight is 248 g/mol. The fourth-order valence-corrected chi connectivity index (χ4v) is 2.54. The summed E-state index contributed by atoms with van der Waals surface area (Å²) >= 11 is 5.86. The zero-order chi connectivity index (χ0) is 12.0. The molecule has 0 aromatic heterocycles. The van der Waals surface area contributed by atoms with Crippen LogP contribution in [0.5, 0.6) is 0 Å². The monoisotopic (exact) mass is 247 g/mol. The van der Waals surface area contributed by atoms with Crippen LogP contribution in [0.2, 0.25) is 0 Å². The lowest BCUT2D eigenvalue weighted by molar-refractivity contribution is -0.0167. The third-order valence-corrected chi connectivity index (χ3v) is 3.30. The Balaban J connectivity index is 2.27. The molecule has 3 heteroatoms. The number of rotatable bonds is 6. The van der Waals surface area contributed by atoms with Crippen molar-refractivity contribution in [2.24, 2.45) is 0 Å². The molecule has 0 atom stereocenters. The third-order valence-electron chi connectivity index (χ3n) is 3.13. The predicted octanol–water partition coefficient (Wildman–Crippen LogP) is 3.28. The maximum Gasteiger partial charge on any atom is 0.0600 e. The summed E-state index contributed by atoms with van der Waals surface area (Å²) in [5, 5.41) is 0. The van der Waals surface area contributed by atoms with Crippen molar-refractivity contribution in [3.63, 3.8) is 0 Å². The maximum absolute atomic E-state index is 5.86. The van der Waals surface area contributed by atoms with E-state index >= 15 is 0 Å². The summed E-state index contributed by atoms with van der Waals surface area (Å²) in [6.07, 6.45) is 5.44. The Labute approximate surface area is 105 Å². The normalized spacial score (nSPS) is 18.6. The van der Waals surface area contributed by atoms with Crippen LogP contribution in [-0.4, -0.2) is 42.1 Å². The third kappa shape index (κ3) is 5.51. The summed E-state index contributed by atoms with van der Waals surface area (Å²) in [4.78, 5) is 2.51. The SMILES string of the molecule is CC(C)(C)OCCN(CCCl)C1CCCC1. The molecule has 0 aliphatic heterocycles. The van der Waals surface area contributed by atoms with Crippen LogP contribution in [0.25, 0.3) is 0 Å². The second kappa shape index (κ2) is 6.83. The summed E-state index contributed by atoms with van der Waals surface area (Å²) < 4.78 is 5.78. The van der Waals surface area contributed by atoms with Crippen LogP contribution in [0, 0.1) is 0 Å². The molecule has 1 saturated carbocycles. The highest BCUT2D eigenvalue weighted by molar-refractivity contribution is 6.18. The van der Waals surface area contributed by atoms with Gasteiger partial charge in [-0.1, -0.05) is 12.8 Å². The number of alkyl halides is 1. The fourth-order valence-electron chi connectivity index (χ4n) is 2.32. The van der Waals surface area contributed by atoms with Crippen molar-refractivity contribution in [1.82, 2.24) is 4.90 Å². The lowest BCUT2D eigenvalue weighted by atomic mass is 10.2. The summed E-state index contributed by atoms with van der Waals surface area (Å²) in [6, 6.07) is 0.752. The first-order valence-electron chi connectivity index (χ1n) is 6.47. The van der Waals surface area contributed by atoms with E-state index in [1.165, 1.54) is 25.7 Å². The highest BCUT2D eigenvalue weighted by atomic mass is 35.5. The minimum absolute atomic E-state index is 0.0255. The second-order valence-electron chi connectivity index (χ2n) is 5.62. The van der Waals surface area contributed by atoms with Crippen LogP contribution in [0.15, 0.2) is 0 Å². The summed E-state index contributed by atoms with van der Waals surface area (Å²) in [5.41, 5.74) is -0.0255. The van der Waals surface area contributed by atoms with Crippen LogP contribution >= 0.6 is 11.6 Å².